The van der Waals surface area contributed by atoms with Crippen LogP contribution < -0.4 is 0 Å². The lowest BCUT2D eigenvalue weighted by molar-refractivity contribution is 0.0600. The molecule has 5 nitrogen and oxygen atoms in total. The van der Waals surface area contributed by atoms with Crippen LogP contribution in [0.25, 0.3) is 0 Å². The van der Waals surface area contributed by atoms with Crippen LogP contribution in [0.3, 0.4) is 0 Å². The molecule has 1 aromatic heterocycles. The molecule has 0 amide bonds. The molecule has 1 saturated heterocycles. The van der Waals surface area contributed by atoms with Crippen molar-refractivity contribution in [2.24, 2.45) is 0 Å². The maximum atomic E-state index is 11.3. The number of methoxy groups -OCH3 is 1. The van der Waals surface area contributed by atoms with E-state index in [2.05, 4.69) is 20.7 Å². The summed E-state index contributed by atoms with van der Waals surface area (Å²) in [5, 5.41) is 9.12. The van der Waals surface area contributed by atoms with Crippen LogP contribution in [0.2, 0.25) is 0 Å². The van der Waals surface area contributed by atoms with Gasteiger partial charge in [0.25, 0.3) is 0 Å². The molecule has 0 spiro atoms. The van der Waals surface area contributed by atoms with Crippen molar-refractivity contribution >= 4 is 5.97 Å². The summed E-state index contributed by atoms with van der Waals surface area (Å²) >= 11 is 0. The molecule has 0 bridgehead atoms. The standard InChI is InChI=1S/C14H17N3O2/c1-19-14(18)11-5-6-12(16-9-11)10-17-7-3-2-4-13(17)8-15/h5-6,9,13H,2-4,7,10H2,1H3. The van der Waals surface area contributed by atoms with Crippen LogP contribution in [0.5, 0.6) is 0 Å². The Balaban J connectivity index is 2.03. The first kappa shape index (κ1) is 13.5. The molecule has 0 saturated carbocycles. The van der Waals surface area contributed by atoms with Crippen LogP contribution in [0.1, 0.15) is 35.3 Å². The maximum absolute atomic E-state index is 11.3. The van der Waals surface area contributed by atoms with Gasteiger partial charge in [0, 0.05) is 12.7 Å². The van der Waals surface area contributed by atoms with Gasteiger partial charge in [-0.2, -0.15) is 5.26 Å². The molecule has 2 heterocycles. The molecule has 0 radical (unpaired) electrons. The summed E-state index contributed by atoms with van der Waals surface area (Å²) in [7, 11) is 1.35. The van der Waals surface area contributed by atoms with Crippen LogP contribution in [0.15, 0.2) is 18.3 Å². The minimum absolute atomic E-state index is 0.0177. The number of piperidine rings is 1. The second-order valence-electron chi connectivity index (χ2n) is 4.64. The van der Waals surface area contributed by atoms with Crippen LogP contribution in [-0.4, -0.2) is 35.5 Å². The van der Waals surface area contributed by atoms with E-state index < -0.39 is 0 Å². The lowest BCUT2D eigenvalue weighted by Gasteiger charge is -2.30. The molecule has 0 aliphatic carbocycles. The summed E-state index contributed by atoms with van der Waals surface area (Å²) in [6, 6.07) is 5.84. The van der Waals surface area contributed by atoms with Gasteiger partial charge in [0.05, 0.1) is 30.5 Å². The van der Waals surface area contributed by atoms with Crippen LogP contribution in [0, 0.1) is 11.3 Å². The second kappa shape index (κ2) is 6.30. The summed E-state index contributed by atoms with van der Waals surface area (Å²) in [5.74, 6) is -0.382. The fourth-order valence-electron chi connectivity index (χ4n) is 2.29. The molecule has 2 rings (SSSR count). The van der Waals surface area contributed by atoms with Crippen molar-refractivity contribution in [3.05, 3.63) is 29.6 Å². The maximum Gasteiger partial charge on any atom is 0.339 e. The van der Waals surface area contributed by atoms with E-state index in [1.807, 2.05) is 6.07 Å². The Morgan fingerprint density at radius 3 is 3.05 bits per heavy atom. The largest absolute Gasteiger partial charge is 0.465 e. The molecule has 5 heteroatoms. The third-order valence-corrected chi connectivity index (χ3v) is 3.37. The molecule has 1 atom stereocenters. The van der Waals surface area contributed by atoms with Crippen molar-refractivity contribution < 1.29 is 9.53 Å². The zero-order valence-electron chi connectivity index (χ0n) is 11.0. The van der Waals surface area contributed by atoms with Gasteiger partial charge in [0.1, 0.15) is 0 Å². The van der Waals surface area contributed by atoms with Gasteiger partial charge in [-0.05, 0) is 37.9 Å². The molecular weight excluding hydrogens is 242 g/mol. The van der Waals surface area contributed by atoms with Crippen LogP contribution in [-0.2, 0) is 11.3 Å². The highest BCUT2D eigenvalue weighted by molar-refractivity contribution is 5.88. The first-order chi connectivity index (χ1) is 9.24. The minimum atomic E-state index is -0.382. The molecule has 100 valence electrons. The smallest absolute Gasteiger partial charge is 0.339 e. The summed E-state index contributed by atoms with van der Waals surface area (Å²) in [6.45, 7) is 1.58. The number of nitrogens with zero attached hydrogens (tertiary/aromatic N) is 3. The lowest BCUT2D eigenvalue weighted by atomic mass is 10.0. The lowest BCUT2D eigenvalue weighted by Crippen LogP contribution is -2.38. The molecule has 1 aliphatic heterocycles. The summed E-state index contributed by atoms with van der Waals surface area (Å²) in [4.78, 5) is 17.7. The van der Waals surface area contributed by atoms with E-state index in [-0.39, 0.29) is 12.0 Å². The number of hydrogen-bond acceptors (Lipinski definition) is 5. The van der Waals surface area contributed by atoms with E-state index in [0.717, 1.165) is 31.5 Å². The van der Waals surface area contributed by atoms with Crippen LogP contribution in [0.4, 0.5) is 0 Å². The molecule has 19 heavy (non-hydrogen) atoms. The van der Waals surface area contributed by atoms with E-state index in [1.54, 1.807) is 6.07 Å². The third kappa shape index (κ3) is 3.30. The van der Waals surface area contributed by atoms with Crippen molar-refractivity contribution in [2.45, 2.75) is 31.8 Å². The number of rotatable bonds is 3. The molecular formula is C14H17N3O2. The monoisotopic (exact) mass is 259 g/mol. The highest BCUT2D eigenvalue weighted by Crippen LogP contribution is 2.18. The summed E-state index contributed by atoms with van der Waals surface area (Å²) < 4.78 is 4.63. The van der Waals surface area contributed by atoms with Gasteiger partial charge in [0.2, 0.25) is 0 Å². The Morgan fingerprint density at radius 1 is 1.58 bits per heavy atom. The number of nitriles is 1. The Morgan fingerprint density at radius 2 is 2.42 bits per heavy atom. The molecule has 0 N–H and O–H groups in total. The van der Waals surface area contributed by atoms with Gasteiger partial charge in [-0.15, -0.1) is 0 Å². The quantitative estimate of drug-likeness (QED) is 0.774. The number of ether oxygens (including phenoxy) is 1. The fourth-order valence-corrected chi connectivity index (χ4v) is 2.29. The van der Waals surface area contributed by atoms with E-state index >= 15 is 0 Å². The van der Waals surface area contributed by atoms with E-state index in [1.165, 1.54) is 13.3 Å². The number of aromatic nitrogens is 1. The third-order valence-electron chi connectivity index (χ3n) is 3.37. The van der Waals surface area contributed by atoms with Gasteiger partial charge >= 0.3 is 5.97 Å². The normalized spacial score (nSPS) is 19.7. The van der Waals surface area contributed by atoms with Crippen molar-refractivity contribution in [1.82, 2.24) is 9.88 Å². The topological polar surface area (TPSA) is 66.2 Å². The Kier molecular flexibility index (Phi) is 4.48. The van der Waals surface area contributed by atoms with Crippen molar-refractivity contribution in [3.8, 4) is 6.07 Å². The number of hydrogen-bond donors (Lipinski definition) is 0. The average molecular weight is 259 g/mol. The molecule has 1 aliphatic rings. The van der Waals surface area contributed by atoms with Gasteiger partial charge in [0.15, 0.2) is 0 Å². The zero-order valence-corrected chi connectivity index (χ0v) is 11.0. The number of carbonyl (C=O) groups is 1. The SMILES string of the molecule is COC(=O)c1ccc(CN2CCCCC2C#N)nc1. The molecule has 0 aromatic carbocycles. The van der Waals surface area contributed by atoms with Crippen molar-refractivity contribution in [3.63, 3.8) is 0 Å². The first-order valence-corrected chi connectivity index (χ1v) is 6.41. The summed E-state index contributed by atoms with van der Waals surface area (Å²) in [5.41, 5.74) is 1.32. The highest BCUT2D eigenvalue weighted by Gasteiger charge is 2.22. The number of esters is 1. The van der Waals surface area contributed by atoms with Gasteiger partial charge in [-0.1, -0.05) is 0 Å². The second-order valence-corrected chi connectivity index (χ2v) is 4.64. The van der Waals surface area contributed by atoms with Crippen LogP contribution >= 0.6 is 0 Å². The fraction of sp³-hybridized carbons (Fsp3) is 0.500. The molecule has 1 aromatic rings. The predicted molar refractivity (Wildman–Crippen MR) is 69.2 cm³/mol. The Bertz CT molecular complexity index is 478. The molecule has 1 unspecified atom stereocenters. The molecule has 1 fully saturated rings. The van der Waals surface area contributed by atoms with E-state index in [4.69, 9.17) is 5.26 Å². The van der Waals surface area contributed by atoms with Gasteiger partial charge in [-0.3, -0.25) is 9.88 Å². The van der Waals surface area contributed by atoms with Gasteiger partial charge < -0.3 is 4.74 Å². The van der Waals surface area contributed by atoms with Gasteiger partial charge in [-0.25, -0.2) is 4.79 Å². The van der Waals surface area contributed by atoms with E-state index in [9.17, 15) is 4.79 Å². The average Bonchev–Trinajstić information content (AvgIpc) is 2.48. The summed E-state index contributed by atoms with van der Waals surface area (Å²) in [6.07, 6.45) is 4.69. The Labute approximate surface area is 112 Å². The number of carbonyl (C=O) groups excluding carboxylic acids is 1. The zero-order chi connectivity index (χ0) is 13.7. The first-order valence-electron chi connectivity index (χ1n) is 6.41. The highest BCUT2D eigenvalue weighted by atomic mass is 16.5. The van der Waals surface area contributed by atoms with Crippen molar-refractivity contribution in [2.75, 3.05) is 13.7 Å². The van der Waals surface area contributed by atoms with Crippen molar-refractivity contribution in [1.29, 1.82) is 5.26 Å². The van der Waals surface area contributed by atoms with E-state index in [0.29, 0.717) is 12.1 Å². The predicted octanol–water partition coefficient (Wildman–Crippen LogP) is 1.75. The number of pyridine rings is 1. The Hall–Kier alpha value is -1.93. The minimum Gasteiger partial charge on any atom is -0.465 e. The number of likely N-dealkylation sites (tertiary alicyclic amines) is 1.